The first-order valence-electron chi connectivity index (χ1n) is 8.72. The van der Waals surface area contributed by atoms with E-state index in [-0.39, 0.29) is 12.1 Å². The van der Waals surface area contributed by atoms with Gasteiger partial charge in [-0.2, -0.15) is 5.10 Å². The highest BCUT2D eigenvalue weighted by atomic mass is 35.5. The number of hydrogen-bond acceptors (Lipinski definition) is 4. The van der Waals surface area contributed by atoms with Crippen molar-refractivity contribution in [3.8, 4) is 17.0 Å². The van der Waals surface area contributed by atoms with Crippen molar-refractivity contribution in [1.29, 1.82) is 0 Å². The number of nitrogens with zero attached hydrogens (tertiary/aromatic N) is 3. The molecule has 0 bridgehead atoms. The van der Waals surface area contributed by atoms with E-state index in [0.717, 1.165) is 11.3 Å². The first-order chi connectivity index (χ1) is 13.5. The van der Waals surface area contributed by atoms with Gasteiger partial charge in [-0.3, -0.25) is 4.79 Å². The molecule has 0 radical (unpaired) electrons. The molecule has 142 valence electrons. The lowest BCUT2D eigenvalue weighted by Crippen LogP contribution is -2.24. The molecule has 28 heavy (non-hydrogen) atoms. The molecule has 1 N–H and O–H groups in total. The maximum atomic E-state index is 12.9. The summed E-state index contributed by atoms with van der Waals surface area (Å²) in [5.41, 5.74) is 2.44. The summed E-state index contributed by atoms with van der Waals surface area (Å²) >= 11 is 5.98. The van der Waals surface area contributed by atoms with Crippen molar-refractivity contribution in [2.45, 2.75) is 12.6 Å². The third-order valence-electron chi connectivity index (χ3n) is 4.59. The lowest BCUT2D eigenvalue weighted by molar-refractivity contribution is 0.155. The molecule has 0 amide bonds. The van der Waals surface area contributed by atoms with Crippen molar-refractivity contribution in [2.24, 2.45) is 0 Å². The lowest BCUT2D eigenvalue weighted by atomic mass is 10.1. The SMILES string of the molecule is COc1ccc(-c2cc3c(=O)n(CC(O)c4cccc(Cl)c4)ccn3n2)cc1. The van der Waals surface area contributed by atoms with Gasteiger partial charge in [0.2, 0.25) is 0 Å². The van der Waals surface area contributed by atoms with Crippen molar-refractivity contribution >= 4 is 17.1 Å². The van der Waals surface area contributed by atoms with Crippen LogP contribution in [-0.4, -0.2) is 26.4 Å². The number of aliphatic hydroxyl groups is 1. The van der Waals surface area contributed by atoms with Crippen LogP contribution in [0.4, 0.5) is 0 Å². The standard InChI is InChI=1S/C21H18ClN3O3/c1-28-17-7-5-14(6-8-17)18-12-19-21(27)24(9-10-25(19)23-18)13-20(26)15-3-2-4-16(22)11-15/h2-12,20,26H,13H2,1H3. The van der Waals surface area contributed by atoms with Gasteiger partial charge in [0.1, 0.15) is 11.3 Å². The molecule has 1 unspecified atom stereocenters. The van der Waals surface area contributed by atoms with E-state index in [2.05, 4.69) is 5.10 Å². The van der Waals surface area contributed by atoms with Gasteiger partial charge in [0.15, 0.2) is 0 Å². The normalized spacial score (nSPS) is 12.2. The van der Waals surface area contributed by atoms with Gasteiger partial charge in [0.05, 0.1) is 25.5 Å². The zero-order chi connectivity index (χ0) is 19.7. The zero-order valence-electron chi connectivity index (χ0n) is 15.1. The Morgan fingerprint density at radius 3 is 2.64 bits per heavy atom. The molecule has 1 atom stereocenters. The topological polar surface area (TPSA) is 68.8 Å². The van der Waals surface area contributed by atoms with Crippen LogP contribution in [0, 0.1) is 0 Å². The van der Waals surface area contributed by atoms with Gasteiger partial charge in [-0.25, -0.2) is 4.52 Å². The van der Waals surface area contributed by atoms with Crippen molar-refractivity contribution < 1.29 is 9.84 Å². The molecule has 0 saturated carbocycles. The maximum absolute atomic E-state index is 12.9. The van der Waals surface area contributed by atoms with E-state index >= 15 is 0 Å². The fourth-order valence-corrected chi connectivity index (χ4v) is 3.28. The fourth-order valence-electron chi connectivity index (χ4n) is 3.08. The number of ether oxygens (including phenoxy) is 1. The van der Waals surface area contributed by atoms with Crippen LogP contribution >= 0.6 is 11.6 Å². The predicted octanol–water partition coefficient (Wildman–Crippen LogP) is 3.56. The van der Waals surface area contributed by atoms with Crippen molar-refractivity contribution in [3.63, 3.8) is 0 Å². The number of methoxy groups -OCH3 is 1. The van der Waals surface area contributed by atoms with Crippen molar-refractivity contribution in [1.82, 2.24) is 14.2 Å². The summed E-state index contributed by atoms with van der Waals surface area (Å²) in [6, 6.07) is 16.2. The third kappa shape index (κ3) is 3.52. The van der Waals surface area contributed by atoms with Crippen LogP contribution in [0.1, 0.15) is 11.7 Å². The molecule has 2 heterocycles. The highest BCUT2D eigenvalue weighted by Gasteiger charge is 2.13. The van der Waals surface area contributed by atoms with E-state index in [9.17, 15) is 9.90 Å². The first kappa shape index (κ1) is 18.3. The summed E-state index contributed by atoms with van der Waals surface area (Å²) < 4.78 is 8.19. The Kier molecular flexibility index (Phi) is 4.90. The van der Waals surface area contributed by atoms with Gasteiger partial charge < -0.3 is 14.4 Å². The number of hydrogen-bond donors (Lipinski definition) is 1. The molecule has 4 rings (SSSR count). The van der Waals surface area contributed by atoms with Crippen LogP contribution in [0.5, 0.6) is 5.75 Å². The molecule has 0 saturated heterocycles. The monoisotopic (exact) mass is 395 g/mol. The van der Waals surface area contributed by atoms with E-state index in [0.29, 0.717) is 21.8 Å². The van der Waals surface area contributed by atoms with Gasteiger partial charge in [-0.15, -0.1) is 0 Å². The van der Waals surface area contributed by atoms with Crippen LogP contribution in [0.2, 0.25) is 5.02 Å². The summed E-state index contributed by atoms with van der Waals surface area (Å²) in [7, 11) is 1.61. The Morgan fingerprint density at radius 2 is 1.93 bits per heavy atom. The molecule has 0 aliphatic heterocycles. The summed E-state index contributed by atoms with van der Waals surface area (Å²) in [6.07, 6.45) is 2.48. The molecule has 0 spiro atoms. The maximum Gasteiger partial charge on any atom is 0.276 e. The second kappa shape index (κ2) is 7.50. The second-order valence-corrected chi connectivity index (χ2v) is 6.85. The van der Waals surface area contributed by atoms with Gasteiger partial charge in [0.25, 0.3) is 5.56 Å². The largest absolute Gasteiger partial charge is 0.497 e. The van der Waals surface area contributed by atoms with Crippen molar-refractivity contribution in [3.05, 3.63) is 87.9 Å². The second-order valence-electron chi connectivity index (χ2n) is 6.41. The lowest BCUT2D eigenvalue weighted by Gasteiger charge is -2.13. The Hall–Kier alpha value is -3.09. The molecule has 0 aliphatic carbocycles. The minimum Gasteiger partial charge on any atom is -0.497 e. The third-order valence-corrected chi connectivity index (χ3v) is 4.83. The minimum atomic E-state index is -0.845. The Balaban J connectivity index is 1.66. The molecular formula is C21H18ClN3O3. The van der Waals surface area contributed by atoms with Crippen LogP contribution in [0.15, 0.2) is 71.8 Å². The molecular weight excluding hydrogens is 378 g/mol. The summed E-state index contributed by atoms with van der Waals surface area (Å²) in [5.74, 6) is 0.755. The minimum absolute atomic E-state index is 0.124. The van der Waals surface area contributed by atoms with Gasteiger partial charge in [0, 0.05) is 23.0 Å². The smallest absolute Gasteiger partial charge is 0.276 e. The highest BCUT2D eigenvalue weighted by Crippen LogP contribution is 2.22. The van der Waals surface area contributed by atoms with Crippen LogP contribution < -0.4 is 10.3 Å². The Morgan fingerprint density at radius 1 is 1.14 bits per heavy atom. The Labute approximate surface area is 166 Å². The predicted molar refractivity (Wildman–Crippen MR) is 108 cm³/mol. The number of aliphatic hydroxyl groups excluding tert-OH is 1. The van der Waals surface area contributed by atoms with Crippen LogP contribution in [-0.2, 0) is 6.54 Å². The van der Waals surface area contributed by atoms with E-state index < -0.39 is 6.10 Å². The number of fused-ring (bicyclic) bond motifs is 1. The summed E-state index contributed by atoms with van der Waals surface area (Å²) in [4.78, 5) is 12.9. The average molecular weight is 396 g/mol. The number of halogens is 1. The van der Waals surface area contributed by atoms with E-state index in [4.69, 9.17) is 16.3 Å². The van der Waals surface area contributed by atoms with Crippen molar-refractivity contribution in [2.75, 3.05) is 7.11 Å². The van der Waals surface area contributed by atoms with Gasteiger partial charge in [-0.1, -0.05) is 23.7 Å². The number of rotatable bonds is 5. The van der Waals surface area contributed by atoms with E-state index in [1.165, 1.54) is 4.57 Å². The Bertz CT molecular complexity index is 1180. The van der Waals surface area contributed by atoms with Crippen LogP contribution in [0.25, 0.3) is 16.8 Å². The quantitative estimate of drug-likeness (QED) is 0.561. The van der Waals surface area contributed by atoms with Crippen LogP contribution in [0.3, 0.4) is 0 Å². The fraction of sp³-hybridized carbons (Fsp3) is 0.143. The first-order valence-corrected chi connectivity index (χ1v) is 9.10. The number of benzene rings is 2. The molecule has 2 aromatic heterocycles. The number of aromatic nitrogens is 3. The van der Waals surface area contributed by atoms with E-state index in [1.54, 1.807) is 54.4 Å². The van der Waals surface area contributed by atoms with Gasteiger partial charge >= 0.3 is 0 Å². The summed E-state index contributed by atoms with van der Waals surface area (Å²) in [6.45, 7) is 0.124. The van der Waals surface area contributed by atoms with Gasteiger partial charge in [-0.05, 0) is 48.0 Å². The highest BCUT2D eigenvalue weighted by molar-refractivity contribution is 6.30. The molecule has 2 aromatic carbocycles. The average Bonchev–Trinajstić information content (AvgIpc) is 3.15. The molecule has 0 aliphatic rings. The summed E-state index contributed by atoms with van der Waals surface area (Å²) in [5, 5.41) is 15.5. The molecule has 0 fully saturated rings. The molecule has 4 aromatic rings. The molecule has 7 heteroatoms. The zero-order valence-corrected chi connectivity index (χ0v) is 15.9. The molecule has 6 nitrogen and oxygen atoms in total. The van der Waals surface area contributed by atoms with E-state index in [1.807, 2.05) is 24.3 Å².